The van der Waals surface area contributed by atoms with Crippen LogP contribution in [-0.4, -0.2) is 91.0 Å². The first-order chi connectivity index (χ1) is 16.3. The van der Waals surface area contributed by atoms with Gasteiger partial charge in [-0.25, -0.2) is 9.78 Å². The van der Waals surface area contributed by atoms with E-state index in [1.165, 1.54) is 0 Å². The topological polar surface area (TPSA) is 147 Å². The highest BCUT2D eigenvalue weighted by Gasteiger charge is 2.58. The Hall–Kier alpha value is -3.73. The molecule has 1 spiro atoms. The molecule has 0 saturated carbocycles. The molecule has 1 aromatic carbocycles. The molecule has 0 bridgehead atoms. The van der Waals surface area contributed by atoms with Gasteiger partial charge in [0.2, 0.25) is 0 Å². The number of imidazole rings is 1. The molecule has 2 fully saturated rings. The van der Waals surface area contributed by atoms with Gasteiger partial charge in [-0.2, -0.15) is 0 Å². The molecule has 2 aliphatic rings. The van der Waals surface area contributed by atoms with Crippen LogP contribution >= 0.6 is 0 Å². The molecule has 4 rings (SSSR count). The maximum absolute atomic E-state index is 13.3. The standard InChI is InChI=1S/C22H27N5O4.CH2O2/c1-15-18(24-16(2)23-15)19(29)25-10-8-22(9-11-25)20(30)26(12-13-28)21(31)27(22)14-17-6-4-3-5-7-17;2-1-3/h3-7,28H,8-14H2,1-2H3,(H,23,24);1H,(H,2,3). The highest BCUT2D eigenvalue weighted by molar-refractivity contribution is 6.07. The Kier molecular flexibility index (Phi) is 7.67. The van der Waals surface area contributed by atoms with Crippen molar-refractivity contribution in [3.63, 3.8) is 0 Å². The van der Waals surface area contributed by atoms with E-state index < -0.39 is 5.54 Å². The third-order valence-electron chi connectivity index (χ3n) is 6.21. The molecular formula is C23H29N5O6. The number of carbonyl (C=O) groups excluding carboxylic acids is 3. The van der Waals surface area contributed by atoms with Crippen LogP contribution in [0.3, 0.4) is 0 Å². The number of hydrogen-bond acceptors (Lipinski definition) is 6. The highest BCUT2D eigenvalue weighted by atomic mass is 16.3. The van der Waals surface area contributed by atoms with Gasteiger partial charge >= 0.3 is 6.03 Å². The number of urea groups is 1. The number of likely N-dealkylation sites (tertiary alicyclic amines) is 1. The monoisotopic (exact) mass is 471 g/mol. The minimum Gasteiger partial charge on any atom is -0.483 e. The van der Waals surface area contributed by atoms with Crippen LogP contribution < -0.4 is 0 Å². The van der Waals surface area contributed by atoms with Crippen LogP contribution in [0.2, 0.25) is 0 Å². The fraction of sp³-hybridized carbons (Fsp3) is 0.435. The van der Waals surface area contributed by atoms with E-state index in [9.17, 15) is 19.5 Å². The summed E-state index contributed by atoms with van der Waals surface area (Å²) in [5, 5.41) is 16.3. The maximum Gasteiger partial charge on any atom is 0.328 e. The van der Waals surface area contributed by atoms with Gasteiger partial charge < -0.3 is 25.0 Å². The van der Waals surface area contributed by atoms with Gasteiger partial charge in [0, 0.05) is 25.3 Å². The molecule has 2 saturated heterocycles. The number of amides is 4. The number of imide groups is 1. The number of β-amino-alcohol motifs (C(OH)–C–C–N with tert-alkyl or cyclic N) is 1. The number of aromatic nitrogens is 2. The lowest BCUT2D eigenvalue weighted by Crippen LogP contribution is -2.57. The lowest BCUT2D eigenvalue weighted by atomic mass is 9.85. The molecule has 4 amide bonds. The molecule has 2 aromatic rings. The molecule has 3 N–H and O–H groups in total. The Morgan fingerprint density at radius 1 is 1.18 bits per heavy atom. The lowest BCUT2D eigenvalue weighted by molar-refractivity contribution is -0.135. The van der Waals surface area contributed by atoms with Gasteiger partial charge in [-0.05, 0) is 32.3 Å². The summed E-state index contributed by atoms with van der Waals surface area (Å²) in [6, 6.07) is 9.14. The molecule has 11 nitrogen and oxygen atoms in total. The van der Waals surface area contributed by atoms with E-state index in [0.717, 1.165) is 16.2 Å². The fourth-order valence-electron chi connectivity index (χ4n) is 4.60. The van der Waals surface area contributed by atoms with Crippen molar-refractivity contribution >= 4 is 24.3 Å². The molecule has 3 heterocycles. The fourth-order valence-corrected chi connectivity index (χ4v) is 4.60. The van der Waals surface area contributed by atoms with Crippen LogP contribution in [0.15, 0.2) is 30.3 Å². The van der Waals surface area contributed by atoms with E-state index in [-0.39, 0.29) is 37.5 Å². The number of nitrogens with zero attached hydrogens (tertiary/aromatic N) is 4. The first kappa shape index (κ1) is 24.9. The van der Waals surface area contributed by atoms with Gasteiger partial charge in [-0.3, -0.25) is 19.3 Å². The number of rotatable bonds is 5. The summed E-state index contributed by atoms with van der Waals surface area (Å²) >= 11 is 0. The molecule has 0 unspecified atom stereocenters. The van der Waals surface area contributed by atoms with Crippen molar-refractivity contribution in [2.45, 2.75) is 38.8 Å². The minimum atomic E-state index is -1.00. The second-order valence-electron chi connectivity index (χ2n) is 8.26. The van der Waals surface area contributed by atoms with Gasteiger partial charge in [-0.1, -0.05) is 30.3 Å². The summed E-state index contributed by atoms with van der Waals surface area (Å²) in [7, 11) is 0. The van der Waals surface area contributed by atoms with Crippen LogP contribution in [0, 0.1) is 13.8 Å². The van der Waals surface area contributed by atoms with E-state index in [2.05, 4.69) is 9.97 Å². The first-order valence-corrected chi connectivity index (χ1v) is 11.0. The average molecular weight is 472 g/mol. The molecule has 11 heteroatoms. The van der Waals surface area contributed by atoms with Crippen LogP contribution in [0.4, 0.5) is 4.79 Å². The van der Waals surface area contributed by atoms with Gasteiger partial charge in [0.05, 0.1) is 13.2 Å². The molecular weight excluding hydrogens is 442 g/mol. The zero-order valence-electron chi connectivity index (χ0n) is 19.2. The van der Waals surface area contributed by atoms with Gasteiger partial charge in [0.1, 0.15) is 17.1 Å². The quantitative estimate of drug-likeness (QED) is 0.438. The predicted molar refractivity (Wildman–Crippen MR) is 121 cm³/mol. The third-order valence-corrected chi connectivity index (χ3v) is 6.21. The van der Waals surface area contributed by atoms with E-state index >= 15 is 0 Å². The highest BCUT2D eigenvalue weighted by Crippen LogP contribution is 2.38. The Morgan fingerprint density at radius 2 is 1.79 bits per heavy atom. The van der Waals surface area contributed by atoms with E-state index in [1.807, 2.05) is 37.3 Å². The van der Waals surface area contributed by atoms with Crippen molar-refractivity contribution in [1.29, 1.82) is 0 Å². The summed E-state index contributed by atoms with van der Waals surface area (Å²) in [5.74, 6) is 0.219. The number of piperidine rings is 1. The molecule has 34 heavy (non-hydrogen) atoms. The number of benzene rings is 1. The number of H-pyrrole nitrogens is 1. The summed E-state index contributed by atoms with van der Waals surface area (Å²) in [4.78, 5) is 59.5. The number of aromatic amines is 1. The second kappa shape index (κ2) is 10.5. The molecule has 182 valence electrons. The molecule has 1 aromatic heterocycles. The zero-order valence-corrected chi connectivity index (χ0v) is 19.2. The minimum absolute atomic E-state index is 0.0287. The van der Waals surface area contributed by atoms with E-state index in [4.69, 9.17) is 9.90 Å². The van der Waals surface area contributed by atoms with Crippen LogP contribution in [0.25, 0.3) is 0 Å². The summed E-state index contributed by atoms with van der Waals surface area (Å²) in [5.41, 5.74) is 1.03. The van der Waals surface area contributed by atoms with E-state index in [1.54, 1.807) is 16.7 Å². The Balaban J connectivity index is 0.00000103. The normalized spacial score (nSPS) is 17.1. The van der Waals surface area contributed by atoms with Gasteiger partial charge in [0.25, 0.3) is 18.3 Å². The van der Waals surface area contributed by atoms with Crippen LogP contribution in [-0.2, 0) is 16.1 Å². The largest absolute Gasteiger partial charge is 0.483 e. The summed E-state index contributed by atoms with van der Waals surface area (Å²) in [6.07, 6.45) is 0.695. The van der Waals surface area contributed by atoms with Gasteiger partial charge in [-0.15, -0.1) is 0 Å². The number of carboxylic acid groups (broad SMARTS) is 1. The molecule has 0 radical (unpaired) electrons. The van der Waals surface area contributed by atoms with E-state index in [0.29, 0.717) is 44.0 Å². The average Bonchev–Trinajstić information content (AvgIpc) is 3.26. The van der Waals surface area contributed by atoms with Crippen molar-refractivity contribution < 1.29 is 29.4 Å². The molecule has 0 aliphatic carbocycles. The number of hydrogen-bond donors (Lipinski definition) is 3. The number of aliphatic hydroxyl groups excluding tert-OH is 1. The number of carbonyl (C=O) groups is 4. The molecule has 2 aliphatic heterocycles. The van der Waals surface area contributed by atoms with Gasteiger partial charge in [0.15, 0.2) is 0 Å². The summed E-state index contributed by atoms with van der Waals surface area (Å²) < 4.78 is 0. The van der Waals surface area contributed by atoms with Crippen molar-refractivity contribution in [1.82, 2.24) is 24.7 Å². The van der Waals surface area contributed by atoms with Crippen molar-refractivity contribution in [2.24, 2.45) is 0 Å². The predicted octanol–water partition coefficient (Wildman–Crippen LogP) is 1.16. The number of aryl methyl sites for hydroxylation is 2. The lowest BCUT2D eigenvalue weighted by Gasteiger charge is -2.42. The van der Waals surface area contributed by atoms with Crippen molar-refractivity contribution in [2.75, 3.05) is 26.2 Å². The third kappa shape index (κ3) is 4.65. The smallest absolute Gasteiger partial charge is 0.328 e. The maximum atomic E-state index is 13.3. The Bertz CT molecular complexity index is 1050. The Labute approximate surface area is 197 Å². The van der Waals surface area contributed by atoms with Crippen LogP contribution in [0.5, 0.6) is 0 Å². The van der Waals surface area contributed by atoms with Crippen LogP contribution in [0.1, 0.15) is 40.4 Å². The molecule has 0 atom stereocenters. The van der Waals surface area contributed by atoms with Crippen molar-refractivity contribution in [3.8, 4) is 0 Å². The summed E-state index contributed by atoms with van der Waals surface area (Å²) in [6.45, 7) is 4.05. The second-order valence-corrected chi connectivity index (χ2v) is 8.26. The zero-order chi connectivity index (χ0) is 24.9. The number of aliphatic hydroxyl groups is 1. The Morgan fingerprint density at radius 3 is 2.32 bits per heavy atom. The first-order valence-electron chi connectivity index (χ1n) is 11.0. The number of nitrogens with one attached hydrogen (secondary N) is 1. The van der Waals surface area contributed by atoms with Crippen molar-refractivity contribution in [3.05, 3.63) is 53.1 Å². The SMILES string of the molecule is Cc1nc(C(=O)N2CCC3(CC2)C(=O)N(CCO)C(=O)N3Cc2ccccc2)c(C)[nH]1.O=CO.